The van der Waals surface area contributed by atoms with Crippen LogP contribution in [0.1, 0.15) is 61.4 Å². The third kappa shape index (κ3) is 12.3. The summed E-state index contributed by atoms with van der Waals surface area (Å²) in [5, 5.41) is 18.9. The van der Waals surface area contributed by atoms with E-state index in [2.05, 4.69) is 56.0 Å². The first kappa shape index (κ1) is 61.1. The highest BCUT2D eigenvalue weighted by atomic mass is 32.2. The van der Waals surface area contributed by atoms with Gasteiger partial charge >= 0.3 is 0 Å². The van der Waals surface area contributed by atoms with Crippen molar-refractivity contribution in [2.75, 3.05) is 123 Å². The van der Waals surface area contributed by atoms with Gasteiger partial charge in [-0.25, -0.2) is 18.2 Å². The fraction of sp³-hybridized carbons (Fsp3) is 0.406. The van der Waals surface area contributed by atoms with Crippen molar-refractivity contribution in [1.29, 1.82) is 0 Å². The third-order valence-electron chi connectivity index (χ3n) is 18.6. The summed E-state index contributed by atoms with van der Waals surface area (Å²) in [7, 11) is 0. The molecule has 2 aromatic heterocycles. The van der Waals surface area contributed by atoms with E-state index < -0.39 is 0 Å². The molecule has 9 aliphatic heterocycles. The normalized spacial score (nSPS) is 17.7. The van der Waals surface area contributed by atoms with Crippen LogP contribution in [0.3, 0.4) is 0 Å². The summed E-state index contributed by atoms with van der Waals surface area (Å²) in [4.78, 5) is 18.8. The average molecular weight is 1300 g/mol. The maximum absolute atomic E-state index is 13.7. The number of benzene rings is 6. The van der Waals surface area contributed by atoms with Crippen molar-refractivity contribution in [2.24, 2.45) is 4.99 Å². The minimum absolute atomic E-state index is 0.142. The molecule has 490 valence electrons. The number of nitrogens with zero attached hydrogens (tertiary/aromatic N) is 13. The molecule has 0 unspecified atom stereocenters. The molecule has 0 spiro atoms. The number of thioether (sulfide) groups is 1. The summed E-state index contributed by atoms with van der Waals surface area (Å²) in [6.45, 7) is 14.8. The number of ether oxygens (including phenoxy) is 8. The van der Waals surface area contributed by atoms with Crippen molar-refractivity contribution in [3.05, 3.63) is 155 Å². The first-order valence-electron chi connectivity index (χ1n) is 32.4. The maximum atomic E-state index is 13.7. The Balaban J connectivity index is 0.000000117. The van der Waals surface area contributed by atoms with E-state index in [0.29, 0.717) is 56.1 Å². The Kier molecular flexibility index (Phi) is 17.4. The van der Waals surface area contributed by atoms with Gasteiger partial charge in [0.25, 0.3) is 0 Å². The van der Waals surface area contributed by atoms with Gasteiger partial charge in [0.2, 0.25) is 32.3 Å². The SMILES string of the molecule is CCOCc1nnc(N2CC(N3CCCc4cc(F)ccc43)C2)n1-c1ccc2c(c1)OCO2.CCOCc1nnc(N2CC(N3CCCc4cc(F)ccc43)C2)n1-c1ccc2c(c1)OCO2.CSC(=Nc1ccc2c(c1)OCO2)N1CC(N2CCCc3cc(F)ccc32)C1. The summed E-state index contributed by atoms with van der Waals surface area (Å²) >= 11 is 1.65. The number of amidine groups is 1. The molecule has 9 aliphatic rings. The Hall–Kier alpha value is -9.07. The van der Waals surface area contributed by atoms with Crippen LogP contribution in [-0.2, 0) is 41.9 Å². The van der Waals surface area contributed by atoms with E-state index >= 15 is 0 Å². The minimum Gasteiger partial charge on any atom is -0.454 e. The number of fused-ring (bicyclic) bond motifs is 6. The molecule has 0 bridgehead atoms. The number of anilines is 5. The van der Waals surface area contributed by atoms with E-state index in [1.165, 1.54) is 5.69 Å². The first-order chi connectivity index (χ1) is 46.1. The van der Waals surface area contributed by atoms with Crippen molar-refractivity contribution in [2.45, 2.75) is 83.7 Å². The summed E-state index contributed by atoms with van der Waals surface area (Å²) < 4.78 is 89.3. The monoisotopic (exact) mass is 1300 g/mol. The second-order valence-electron chi connectivity index (χ2n) is 24.4. The molecular weight excluding hydrogens is 1230 g/mol. The third-order valence-corrected chi connectivity index (χ3v) is 19.3. The van der Waals surface area contributed by atoms with Crippen LogP contribution >= 0.6 is 11.8 Å². The fourth-order valence-corrected chi connectivity index (χ4v) is 14.5. The second-order valence-corrected chi connectivity index (χ2v) is 25.1. The molecule has 21 nitrogen and oxygen atoms in total. The van der Waals surface area contributed by atoms with Gasteiger partial charge in [0.1, 0.15) is 30.7 Å². The van der Waals surface area contributed by atoms with Gasteiger partial charge in [-0.1, -0.05) is 11.8 Å². The lowest BCUT2D eigenvalue weighted by molar-refractivity contribution is 0.127. The fourth-order valence-electron chi connectivity index (χ4n) is 13.8. The van der Waals surface area contributed by atoms with Gasteiger partial charge in [0, 0.05) is 107 Å². The van der Waals surface area contributed by atoms with Crippen LogP contribution in [0.2, 0.25) is 0 Å². The van der Waals surface area contributed by atoms with Crippen LogP contribution in [0, 0.1) is 17.5 Å². The van der Waals surface area contributed by atoms with Crippen LogP contribution in [0.25, 0.3) is 11.4 Å². The van der Waals surface area contributed by atoms with Gasteiger partial charge in [-0.15, -0.1) is 20.4 Å². The van der Waals surface area contributed by atoms with Gasteiger partial charge in [0.05, 0.1) is 35.2 Å². The zero-order chi connectivity index (χ0) is 63.8. The van der Waals surface area contributed by atoms with E-state index in [0.717, 1.165) is 194 Å². The van der Waals surface area contributed by atoms with Crippen molar-refractivity contribution in [3.63, 3.8) is 0 Å². The molecule has 0 atom stereocenters. The number of rotatable bonds is 14. The molecule has 0 N–H and O–H groups in total. The molecule has 94 heavy (non-hydrogen) atoms. The Morgan fingerprint density at radius 2 is 0.872 bits per heavy atom. The highest BCUT2D eigenvalue weighted by Crippen LogP contribution is 2.42. The number of likely N-dealkylation sites (tertiary alicyclic amines) is 1. The summed E-state index contributed by atoms with van der Waals surface area (Å²) in [5.74, 6) is 7.03. The highest BCUT2D eigenvalue weighted by Gasteiger charge is 2.40. The second kappa shape index (κ2) is 26.7. The number of aliphatic imine (C=N–C) groups is 1. The molecule has 25 heteroatoms. The number of halogens is 3. The summed E-state index contributed by atoms with van der Waals surface area (Å²) in [6, 6.07) is 34.1. The lowest BCUT2D eigenvalue weighted by atomic mass is 9.97. The Morgan fingerprint density at radius 1 is 0.479 bits per heavy atom. The molecule has 0 aliphatic carbocycles. The molecule has 3 saturated heterocycles. The van der Waals surface area contributed by atoms with Crippen LogP contribution in [0.4, 0.5) is 47.8 Å². The van der Waals surface area contributed by atoms with Gasteiger partial charge in [-0.2, -0.15) is 0 Å². The zero-order valence-electron chi connectivity index (χ0n) is 52.8. The van der Waals surface area contributed by atoms with E-state index in [4.69, 9.17) is 42.9 Å². The van der Waals surface area contributed by atoms with Crippen molar-refractivity contribution in [1.82, 2.24) is 34.4 Å². The van der Waals surface area contributed by atoms with Crippen LogP contribution in [0.15, 0.2) is 114 Å². The van der Waals surface area contributed by atoms with Crippen molar-refractivity contribution in [3.8, 4) is 45.9 Å². The maximum Gasteiger partial charge on any atom is 0.232 e. The quantitative estimate of drug-likeness (QED) is 0.0744. The molecular formula is C69H74F3N13O8S. The van der Waals surface area contributed by atoms with E-state index in [-0.39, 0.29) is 37.8 Å². The summed E-state index contributed by atoms with van der Waals surface area (Å²) in [5.41, 5.74) is 9.52. The standard InChI is InChI=1S/2C24H26FN5O3.C21H22FN3O2S/c2*1-2-31-14-23-26-27-24(30(23)18-6-8-21-22(11-18)33-15-32-21)28-12-19(13-28)29-9-3-4-16-10-17(25)5-7-20(16)29;1-28-21(23-16-5-7-19-20(10-16)27-13-26-19)24-11-17(12-24)25-8-2-3-14-9-15(22)4-6-18(14)25/h2*5-8,10-11,19H,2-4,9,12-15H2,1H3;4-7,9-10,17H,2-3,8,11-13H2,1H3. The highest BCUT2D eigenvalue weighted by molar-refractivity contribution is 8.13. The van der Waals surface area contributed by atoms with Crippen LogP contribution < -0.4 is 52.9 Å². The Bertz CT molecular complexity index is 3920. The van der Waals surface area contributed by atoms with E-state index in [1.54, 1.807) is 48.2 Å². The average Bonchev–Trinajstić information content (AvgIpc) is 1.44. The van der Waals surface area contributed by atoms with Gasteiger partial charge in [-0.3, -0.25) is 9.13 Å². The Morgan fingerprint density at radius 3 is 1.29 bits per heavy atom. The topological polar surface area (TPSA) is 167 Å². The molecule has 6 aromatic carbocycles. The van der Waals surface area contributed by atoms with E-state index in [9.17, 15) is 13.2 Å². The van der Waals surface area contributed by atoms with Crippen molar-refractivity contribution >= 4 is 51.6 Å². The molecule has 11 heterocycles. The lowest BCUT2D eigenvalue weighted by Gasteiger charge is -2.49. The number of hydrogen-bond acceptors (Lipinski definition) is 19. The van der Waals surface area contributed by atoms with E-state index in [1.807, 2.05) is 95.8 Å². The number of aryl methyl sites for hydroxylation is 3. The summed E-state index contributed by atoms with van der Waals surface area (Å²) in [6.07, 6.45) is 8.03. The molecule has 3 fully saturated rings. The smallest absolute Gasteiger partial charge is 0.232 e. The van der Waals surface area contributed by atoms with Gasteiger partial charge < -0.3 is 67.3 Å². The Labute approximate surface area is 547 Å². The van der Waals surface area contributed by atoms with Gasteiger partial charge in [-0.05, 0) is 166 Å². The predicted octanol–water partition coefficient (Wildman–Crippen LogP) is 10.7. The van der Waals surface area contributed by atoms with Crippen LogP contribution in [0.5, 0.6) is 34.5 Å². The van der Waals surface area contributed by atoms with Gasteiger partial charge in [0.15, 0.2) is 51.3 Å². The molecule has 17 rings (SSSR count). The van der Waals surface area contributed by atoms with Crippen molar-refractivity contribution < 1.29 is 51.1 Å². The molecule has 0 radical (unpaired) electrons. The largest absolute Gasteiger partial charge is 0.454 e. The van der Waals surface area contributed by atoms with Crippen LogP contribution in [-0.4, -0.2) is 156 Å². The first-order valence-corrected chi connectivity index (χ1v) is 33.6. The zero-order valence-corrected chi connectivity index (χ0v) is 53.6. The molecule has 0 saturated carbocycles. The molecule has 8 aromatic rings. The lowest BCUT2D eigenvalue weighted by Crippen LogP contribution is -2.61. The number of aromatic nitrogens is 6. The minimum atomic E-state index is -0.163. The predicted molar refractivity (Wildman–Crippen MR) is 352 cm³/mol. The molecule has 0 amide bonds. The number of hydrogen-bond donors (Lipinski definition) is 0.